The van der Waals surface area contributed by atoms with Crippen LogP contribution in [0.15, 0.2) is 12.5 Å². The number of hydrogen-bond donors (Lipinski definition) is 7. The molecule has 0 saturated carbocycles. The predicted octanol–water partition coefficient (Wildman–Crippen LogP) is -0.846. The Morgan fingerprint density at radius 3 is 2.29 bits per heavy atom. The summed E-state index contributed by atoms with van der Waals surface area (Å²) in [5.74, 6) is -4.23. The first-order valence-electron chi connectivity index (χ1n) is 11.6. The van der Waals surface area contributed by atoms with Gasteiger partial charge in [0.05, 0.1) is 12.4 Å². The number of hydrogen-bond acceptors (Lipinski definition) is 7. The van der Waals surface area contributed by atoms with Gasteiger partial charge in [-0.15, -0.1) is 0 Å². The van der Waals surface area contributed by atoms with Gasteiger partial charge in [0.15, 0.2) is 0 Å². The molecule has 35 heavy (non-hydrogen) atoms. The predicted molar refractivity (Wildman–Crippen MR) is 123 cm³/mol. The lowest BCUT2D eigenvalue weighted by molar-refractivity contribution is -0.142. The lowest BCUT2D eigenvalue weighted by Gasteiger charge is -2.25. The lowest BCUT2D eigenvalue weighted by atomic mass is 10.0. The van der Waals surface area contributed by atoms with E-state index in [1.807, 2.05) is 13.8 Å². The lowest BCUT2D eigenvalue weighted by Crippen LogP contribution is -2.57. The van der Waals surface area contributed by atoms with Crippen LogP contribution in [0.1, 0.15) is 51.6 Å². The number of amides is 3. The second-order valence-corrected chi connectivity index (χ2v) is 9.01. The molecule has 0 aliphatic carbocycles. The van der Waals surface area contributed by atoms with E-state index in [4.69, 9.17) is 5.11 Å². The molecule has 1 aromatic heterocycles. The Labute approximate surface area is 202 Å². The van der Waals surface area contributed by atoms with Crippen molar-refractivity contribution in [2.75, 3.05) is 6.54 Å². The fourth-order valence-corrected chi connectivity index (χ4v) is 3.78. The van der Waals surface area contributed by atoms with E-state index in [-0.39, 0.29) is 31.6 Å². The number of carboxylic acid groups (broad SMARTS) is 2. The molecule has 2 rings (SSSR count). The molecule has 1 aromatic rings. The maximum atomic E-state index is 13.1. The van der Waals surface area contributed by atoms with Crippen molar-refractivity contribution in [1.29, 1.82) is 0 Å². The van der Waals surface area contributed by atoms with Gasteiger partial charge in [-0.1, -0.05) is 13.8 Å². The van der Waals surface area contributed by atoms with Crippen molar-refractivity contribution >= 4 is 29.7 Å². The highest BCUT2D eigenvalue weighted by Crippen LogP contribution is 2.09. The minimum Gasteiger partial charge on any atom is -0.481 e. The summed E-state index contributed by atoms with van der Waals surface area (Å²) in [6.07, 6.45) is 3.88. The molecule has 1 aliphatic rings. The second kappa shape index (κ2) is 13.4. The zero-order chi connectivity index (χ0) is 26.0. The van der Waals surface area contributed by atoms with E-state index in [0.29, 0.717) is 18.7 Å². The van der Waals surface area contributed by atoms with E-state index >= 15 is 0 Å². The standard InChI is InChI=1S/C22H34N6O7/c1-12(2)8-17(22(34)35)28-21(33)16(9-13-10-23-11-25-13)27-20(32)15(5-6-18(29)30)26-19(31)14-4-3-7-24-14/h10-12,14-17,24H,3-9H2,1-2H3,(H,23,25)(H,26,31)(H,27,32)(H,28,33)(H,29,30)(H,34,35). The zero-order valence-corrected chi connectivity index (χ0v) is 19.9. The number of aromatic amines is 1. The summed E-state index contributed by atoms with van der Waals surface area (Å²) in [4.78, 5) is 68.1. The molecule has 7 N–H and O–H groups in total. The summed E-state index contributed by atoms with van der Waals surface area (Å²) < 4.78 is 0. The van der Waals surface area contributed by atoms with Crippen molar-refractivity contribution in [3.05, 3.63) is 18.2 Å². The van der Waals surface area contributed by atoms with Gasteiger partial charge in [0, 0.05) is 24.7 Å². The van der Waals surface area contributed by atoms with Crippen molar-refractivity contribution in [3.63, 3.8) is 0 Å². The molecule has 2 heterocycles. The van der Waals surface area contributed by atoms with Crippen LogP contribution in [0.25, 0.3) is 0 Å². The highest BCUT2D eigenvalue weighted by atomic mass is 16.4. The number of nitrogens with zero attached hydrogens (tertiary/aromatic N) is 1. The topological polar surface area (TPSA) is 203 Å². The van der Waals surface area contributed by atoms with Crippen LogP contribution in [-0.4, -0.2) is 80.6 Å². The molecule has 194 valence electrons. The molecule has 4 unspecified atom stereocenters. The zero-order valence-electron chi connectivity index (χ0n) is 19.9. The molecule has 1 saturated heterocycles. The number of H-pyrrole nitrogens is 1. The molecule has 13 nitrogen and oxygen atoms in total. The van der Waals surface area contributed by atoms with Gasteiger partial charge in [-0.2, -0.15) is 0 Å². The highest BCUT2D eigenvalue weighted by molar-refractivity contribution is 5.94. The minimum absolute atomic E-state index is 0.00291. The van der Waals surface area contributed by atoms with E-state index < -0.39 is 53.8 Å². The first kappa shape index (κ1) is 27.8. The molecule has 4 atom stereocenters. The Balaban J connectivity index is 2.17. The van der Waals surface area contributed by atoms with Crippen molar-refractivity contribution in [2.45, 2.75) is 76.5 Å². The summed E-state index contributed by atoms with van der Waals surface area (Å²) in [5.41, 5.74) is 0.516. The third kappa shape index (κ3) is 9.35. The van der Waals surface area contributed by atoms with Crippen LogP contribution in [0.3, 0.4) is 0 Å². The van der Waals surface area contributed by atoms with Crippen LogP contribution < -0.4 is 21.3 Å². The number of aliphatic carboxylic acids is 2. The van der Waals surface area contributed by atoms with Gasteiger partial charge >= 0.3 is 11.9 Å². The smallest absolute Gasteiger partial charge is 0.326 e. The quantitative estimate of drug-likeness (QED) is 0.172. The summed E-state index contributed by atoms with van der Waals surface area (Å²) in [6, 6.07) is -4.01. The molecule has 0 radical (unpaired) electrons. The average molecular weight is 495 g/mol. The number of carbonyl (C=O) groups excluding carboxylic acids is 3. The van der Waals surface area contributed by atoms with Crippen molar-refractivity contribution in [3.8, 4) is 0 Å². The maximum absolute atomic E-state index is 13.1. The van der Waals surface area contributed by atoms with Crippen molar-refractivity contribution in [1.82, 2.24) is 31.2 Å². The fourth-order valence-electron chi connectivity index (χ4n) is 3.78. The molecule has 0 bridgehead atoms. The number of nitrogens with one attached hydrogen (secondary N) is 5. The third-order valence-corrected chi connectivity index (χ3v) is 5.59. The van der Waals surface area contributed by atoms with Crippen LogP contribution in [0.2, 0.25) is 0 Å². The van der Waals surface area contributed by atoms with Gasteiger partial charge in [0.25, 0.3) is 0 Å². The summed E-state index contributed by atoms with van der Waals surface area (Å²) in [7, 11) is 0. The van der Waals surface area contributed by atoms with Gasteiger partial charge in [0.1, 0.15) is 18.1 Å². The number of imidazole rings is 1. The monoisotopic (exact) mass is 494 g/mol. The molecule has 1 fully saturated rings. The van der Waals surface area contributed by atoms with E-state index in [1.54, 1.807) is 0 Å². The minimum atomic E-state index is -1.20. The van der Waals surface area contributed by atoms with E-state index in [1.165, 1.54) is 12.5 Å². The van der Waals surface area contributed by atoms with Crippen LogP contribution in [0, 0.1) is 5.92 Å². The normalized spacial score (nSPS) is 17.9. The number of carbonyl (C=O) groups is 5. The average Bonchev–Trinajstić information content (AvgIpc) is 3.49. The first-order valence-corrected chi connectivity index (χ1v) is 11.6. The first-order chi connectivity index (χ1) is 16.6. The van der Waals surface area contributed by atoms with Gasteiger partial charge in [-0.3, -0.25) is 19.2 Å². The summed E-state index contributed by atoms with van der Waals surface area (Å²) >= 11 is 0. The Morgan fingerprint density at radius 1 is 1.06 bits per heavy atom. The summed E-state index contributed by atoms with van der Waals surface area (Å²) in [6.45, 7) is 4.30. The molecule has 0 aromatic carbocycles. The largest absolute Gasteiger partial charge is 0.481 e. The molecule has 0 spiro atoms. The Bertz CT molecular complexity index is 883. The second-order valence-electron chi connectivity index (χ2n) is 9.01. The number of aromatic nitrogens is 2. The van der Waals surface area contributed by atoms with Gasteiger partial charge in [-0.05, 0) is 38.1 Å². The van der Waals surface area contributed by atoms with E-state index in [0.717, 1.165) is 6.42 Å². The number of rotatable bonds is 14. The van der Waals surface area contributed by atoms with Crippen LogP contribution >= 0.6 is 0 Å². The van der Waals surface area contributed by atoms with Crippen LogP contribution in [0.5, 0.6) is 0 Å². The third-order valence-electron chi connectivity index (χ3n) is 5.59. The SMILES string of the molecule is CC(C)CC(NC(=O)C(Cc1cnc[nH]1)NC(=O)C(CCC(=O)O)NC(=O)C1CCCN1)C(=O)O. The van der Waals surface area contributed by atoms with Gasteiger partial charge in [0.2, 0.25) is 17.7 Å². The van der Waals surface area contributed by atoms with Crippen molar-refractivity contribution in [2.24, 2.45) is 5.92 Å². The Hall–Kier alpha value is -3.48. The van der Waals surface area contributed by atoms with Crippen LogP contribution in [-0.2, 0) is 30.4 Å². The van der Waals surface area contributed by atoms with E-state index in [2.05, 4.69) is 31.2 Å². The Kier molecular flexibility index (Phi) is 10.6. The Morgan fingerprint density at radius 2 is 1.74 bits per heavy atom. The highest BCUT2D eigenvalue weighted by Gasteiger charge is 2.32. The van der Waals surface area contributed by atoms with Crippen LogP contribution in [0.4, 0.5) is 0 Å². The number of carboxylic acids is 2. The molecular weight excluding hydrogens is 460 g/mol. The molecule has 1 aliphatic heterocycles. The summed E-state index contributed by atoms with van der Waals surface area (Å²) in [5, 5.41) is 29.1. The maximum Gasteiger partial charge on any atom is 0.326 e. The molecular formula is C22H34N6O7. The van der Waals surface area contributed by atoms with E-state index in [9.17, 15) is 29.1 Å². The fraction of sp³-hybridized carbons (Fsp3) is 0.636. The van der Waals surface area contributed by atoms with Gasteiger partial charge < -0.3 is 36.5 Å². The molecule has 3 amide bonds. The van der Waals surface area contributed by atoms with Gasteiger partial charge in [-0.25, -0.2) is 9.78 Å². The van der Waals surface area contributed by atoms with Crippen molar-refractivity contribution < 1.29 is 34.2 Å². The molecule has 13 heteroatoms.